The second-order valence-electron chi connectivity index (χ2n) is 7.99. The molecule has 2 amide bonds. The lowest BCUT2D eigenvalue weighted by Crippen LogP contribution is -2.37. The molecule has 7 nitrogen and oxygen atoms in total. The first-order valence-corrected chi connectivity index (χ1v) is 10.5. The number of nitrogens with zero attached hydrogens (tertiary/aromatic N) is 1. The van der Waals surface area contributed by atoms with E-state index in [2.05, 4.69) is 27.0 Å². The first-order chi connectivity index (χ1) is 14.8. The van der Waals surface area contributed by atoms with Crippen molar-refractivity contribution in [3.05, 3.63) is 58.7 Å². The molecule has 1 aliphatic heterocycles. The van der Waals surface area contributed by atoms with Gasteiger partial charge < -0.3 is 15.4 Å². The molecule has 3 N–H and O–H groups in total. The molecule has 0 spiro atoms. The summed E-state index contributed by atoms with van der Waals surface area (Å²) >= 11 is 0. The average molecular weight is 423 g/mol. The number of carbonyl (C=O) groups is 2. The third kappa shape index (κ3) is 6.65. The fraction of sp³-hybridized carbons (Fsp3) is 0.375. The minimum absolute atomic E-state index is 0.0682. The van der Waals surface area contributed by atoms with Crippen LogP contribution in [0.4, 0.5) is 11.4 Å². The summed E-state index contributed by atoms with van der Waals surface area (Å²) < 4.78 is 5.66. The highest BCUT2D eigenvalue weighted by Gasteiger charge is 2.17. The van der Waals surface area contributed by atoms with E-state index in [1.165, 1.54) is 6.92 Å². The molecule has 0 aromatic heterocycles. The van der Waals surface area contributed by atoms with E-state index < -0.39 is 0 Å². The third-order valence-electron chi connectivity index (χ3n) is 5.00. The Kier molecular flexibility index (Phi) is 7.41. The summed E-state index contributed by atoms with van der Waals surface area (Å²) in [7, 11) is 0. The summed E-state index contributed by atoms with van der Waals surface area (Å²) in [6.45, 7) is 8.59. The summed E-state index contributed by atoms with van der Waals surface area (Å²) in [5.41, 5.74) is 5.01. The van der Waals surface area contributed by atoms with Gasteiger partial charge in [-0.3, -0.25) is 14.9 Å². The van der Waals surface area contributed by atoms with Gasteiger partial charge in [0.15, 0.2) is 0 Å². The maximum absolute atomic E-state index is 12.9. The standard InChI is InChI=1S/C24H30N4O3/c1-15-10-16(2)12-20(11-15)27-24(25-14-21-6-5-9-31-21)28-23(30)19-8-7-17(3)22(13-19)26-18(4)29/h7-8,10-13,21H,5-6,9,14H2,1-4H3,(H,26,29)(H2,25,27,28,30). The van der Waals surface area contributed by atoms with Crippen molar-refractivity contribution >= 4 is 29.1 Å². The van der Waals surface area contributed by atoms with Crippen molar-refractivity contribution in [2.75, 3.05) is 23.8 Å². The maximum atomic E-state index is 12.9. The molecule has 0 radical (unpaired) electrons. The molecule has 31 heavy (non-hydrogen) atoms. The van der Waals surface area contributed by atoms with Gasteiger partial charge in [0.1, 0.15) is 0 Å². The number of hydrogen-bond acceptors (Lipinski definition) is 4. The predicted octanol–water partition coefficient (Wildman–Crippen LogP) is 3.95. The number of aryl methyl sites for hydroxylation is 3. The molecule has 1 heterocycles. The van der Waals surface area contributed by atoms with Crippen molar-refractivity contribution < 1.29 is 14.3 Å². The van der Waals surface area contributed by atoms with Gasteiger partial charge in [-0.05, 0) is 74.6 Å². The monoisotopic (exact) mass is 422 g/mol. The summed E-state index contributed by atoms with van der Waals surface area (Å²) in [6, 6.07) is 11.3. The van der Waals surface area contributed by atoms with E-state index in [1.807, 2.05) is 32.9 Å². The van der Waals surface area contributed by atoms with E-state index in [0.29, 0.717) is 23.8 Å². The molecule has 1 saturated heterocycles. The van der Waals surface area contributed by atoms with Crippen molar-refractivity contribution in [3.8, 4) is 0 Å². The van der Waals surface area contributed by atoms with Crippen LogP contribution in [0.2, 0.25) is 0 Å². The zero-order valence-corrected chi connectivity index (χ0v) is 18.5. The van der Waals surface area contributed by atoms with Gasteiger partial charge in [-0.1, -0.05) is 12.1 Å². The molecule has 0 bridgehead atoms. The largest absolute Gasteiger partial charge is 0.376 e. The van der Waals surface area contributed by atoms with Crippen molar-refractivity contribution in [1.82, 2.24) is 5.32 Å². The van der Waals surface area contributed by atoms with Crippen molar-refractivity contribution in [2.45, 2.75) is 46.6 Å². The Labute approximate surface area is 183 Å². The van der Waals surface area contributed by atoms with Crippen LogP contribution in [0.3, 0.4) is 0 Å². The van der Waals surface area contributed by atoms with Crippen molar-refractivity contribution in [3.63, 3.8) is 0 Å². The van der Waals surface area contributed by atoms with E-state index in [1.54, 1.807) is 18.2 Å². The highest BCUT2D eigenvalue weighted by molar-refractivity contribution is 6.10. The van der Waals surface area contributed by atoms with Gasteiger partial charge in [-0.15, -0.1) is 0 Å². The number of benzene rings is 2. The molecule has 7 heteroatoms. The molecule has 2 aromatic rings. The van der Waals surface area contributed by atoms with Crippen LogP contribution in [0.25, 0.3) is 0 Å². The number of rotatable bonds is 5. The number of anilines is 2. The Morgan fingerprint density at radius 2 is 1.81 bits per heavy atom. The van der Waals surface area contributed by atoms with Crippen LogP contribution in [-0.4, -0.2) is 37.0 Å². The number of hydrogen-bond donors (Lipinski definition) is 3. The van der Waals surface area contributed by atoms with Gasteiger partial charge in [-0.2, -0.15) is 0 Å². The molecule has 0 aliphatic carbocycles. The van der Waals surface area contributed by atoms with Crippen LogP contribution in [0.1, 0.15) is 46.8 Å². The molecule has 0 saturated carbocycles. The quantitative estimate of drug-likeness (QED) is 0.503. The number of carbonyl (C=O) groups excluding carboxylic acids is 2. The fourth-order valence-electron chi connectivity index (χ4n) is 3.54. The van der Waals surface area contributed by atoms with E-state index >= 15 is 0 Å². The molecule has 3 rings (SSSR count). The van der Waals surface area contributed by atoms with Crippen LogP contribution < -0.4 is 16.0 Å². The van der Waals surface area contributed by atoms with E-state index in [9.17, 15) is 9.59 Å². The SMILES string of the molecule is CC(=O)Nc1cc(C(=O)NC(=NCC2CCCO2)Nc2cc(C)cc(C)c2)ccc1C. The van der Waals surface area contributed by atoms with Gasteiger partial charge in [0.25, 0.3) is 5.91 Å². The number of nitrogens with one attached hydrogen (secondary N) is 3. The van der Waals surface area contributed by atoms with Crippen LogP contribution in [0.15, 0.2) is 41.4 Å². The van der Waals surface area contributed by atoms with Crippen LogP contribution >= 0.6 is 0 Å². The van der Waals surface area contributed by atoms with E-state index in [4.69, 9.17) is 4.74 Å². The number of amides is 2. The van der Waals surface area contributed by atoms with Crippen LogP contribution in [-0.2, 0) is 9.53 Å². The molecular formula is C24H30N4O3. The van der Waals surface area contributed by atoms with Crippen molar-refractivity contribution in [1.29, 1.82) is 0 Å². The summed E-state index contributed by atoms with van der Waals surface area (Å²) in [5, 5.41) is 8.87. The predicted molar refractivity (Wildman–Crippen MR) is 124 cm³/mol. The summed E-state index contributed by atoms with van der Waals surface area (Å²) in [4.78, 5) is 29.0. The van der Waals surface area contributed by atoms with Gasteiger partial charge in [-0.25, -0.2) is 4.99 Å². The first kappa shape index (κ1) is 22.5. The van der Waals surface area contributed by atoms with E-state index in [-0.39, 0.29) is 17.9 Å². The zero-order chi connectivity index (χ0) is 22.4. The van der Waals surface area contributed by atoms with E-state index in [0.717, 1.165) is 41.8 Å². The number of guanidine groups is 1. The molecule has 1 atom stereocenters. The minimum atomic E-state index is -0.311. The molecule has 164 valence electrons. The molecular weight excluding hydrogens is 392 g/mol. The maximum Gasteiger partial charge on any atom is 0.258 e. The van der Waals surface area contributed by atoms with Gasteiger partial charge >= 0.3 is 0 Å². The Morgan fingerprint density at radius 1 is 1.06 bits per heavy atom. The van der Waals surface area contributed by atoms with Gasteiger partial charge in [0.2, 0.25) is 11.9 Å². The number of aliphatic imine (C=N–C) groups is 1. The lowest BCUT2D eigenvalue weighted by atomic mass is 10.1. The fourth-order valence-corrected chi connectivity index (χ4v) is 3.54. The third-order valence-corrected chi connectivity index (χ3v) is 5.00. The van der Waals surface area contributed by atoms with Crippen LogP contribution in [0.5, 0.6) is 0 Å². The van der Waals surface area contributed by atoms with Gasteiger partial charge in [0.05, 0.1) is 12.6 Å². The second kappa shape index (κ2) is 10.2. The molecule has 1 unspecified atom stereocenters. The zero-order valence-electron chi connectivity index (χ0n) is 18.5. The normalized spacial score (nSPS) is 16.1. The first-order valence-electron chi connectivity index (χ1n) is 10.5. The topological polar surface area (TPSA) is 91.8 Å². The summed E-state index contributed by atoms with van der Waals surface area (Å²) in [5.74, 6) is -0.127. The Balaban J connectivity index is 1.80. The Hall–Kier alpha value is -3.19. The highest BCUT2D eigenvalue weighted by atomic mass is 16.5. The van der Waals surface area contributed by atoms with Crippen LogP contribution in [0, 0.1) is 20.8 Å². The molecule has 1 aliphatic rings. The Bertz CT molecular complexity index is 974. The minimum Gasteiger partial charge on any atom is -0.376 e. The highest BCUT2D eigenvalue weighted by Crippen LogP contribution is 2.18. The average Bonchev–Trinajstić information content (AvgIpc) is 3.20. The lowest BCUT2D eigenvalue weighted by Gasteiger charge is -2.15. The van der Waals surface area contributed by atoms with Crippen molar-refractivity contribution in [2.24, 2.45) is 4.99 Å². The summed E-state index contributed by atoms with van der Waals surface area (Å²) in [6.07, 6.45) is 2.06. The Morgan fingerprint density at radius 3 is 2.45 bits per heavy atom. The lowest BCUT2D eigenvalue weighted by molar-refractivity contribution is -0.114. The smallest absolute Gasteiger partial charge is 0.258 e. The van der Waals surface area contributed by atoms with Gasteiger partial charge in [0, 0.05) is 30.5 Å². The number of ether oxygens (including phenoxy) is 1. The molecule has 1 fully saturated rings. The second-order valence-corrected chi connectivity index (χ2v) is 7.99. The molecule has 2 aromatic carbocycles.